The summed E-state index contributed by atoms with van der Waals surface area (Å²) in [5, 5.41) is 2.91. The minimum Gasteiger partial charge on any atom is -0.399 e. The van der Waals surface area contributed by atoms with Gasteiger partial charge in [0.05, 0.1) is 0 Å². The third kappa shape index (κ3) is 3.20. The molecule has 0 radical (unpaired) electrons. The average Bonchev–Trinajstić information content (AvgIpc) is 2.29. The fourth-order valence-corrected chi connectivity index (χ4v) is 2.24. The minimum atomic E-state index is 0.0856. The number of rotatable bonds is 2. The van der Waals surface area contributed by atoms with Crippen LogP contribution < -0.4 is 16.8 Å². The number of carbonyl (C=O) groups excluding carboxylic acids is 1. The maximum atomic E-state index is 12.0. The van der Waals surface area contributed by atoms with Crippen molar-refractivity contribution in [3.8, 4) is 0 Å². The molecule has 17 heavy (non-hydrogen) atoms. The van der Waals surface area contributed by atoms with Crippen molar-refractivity contribution < 1.29 is 4.79 Å². The number of nitrogen functional groups attached to an aromatic ring is 1. The molecule has 1 saturated carbocycles. The van der Waals surface area contributed by atoms with E-state index in [1.54, 1.807) is 12.1 Å². The van der Waals surface area contributed by atoms with E-state index in [-0.39, 0.29) is 17.9 Å². The third-order valence-corrected chi connectivity index (χ3v) is 3.30. The first-order chi connectivity index (χ1) is 8.15. The SMILES string of the molecule is Nc1cccc(NC(=O)C2CCC(N)CC2)c1. The number of carbonyl (C=O) groups is 1. The van der Waals surface area contributed by atoms with Gasteiger partial charge in [0.1, 0.15) is 0 Å². The van der Waals surface area contributed by atoms with Crippen LogP contribution in [0.2, 0.25) is 0 Å². The summed E-state index contributed by atoms with van der Waals surface area (Å²) >= 11 is 0. The molecule has 0 aromatic heterocycles. The lowest BCUT2D eigenvalue weighted by atomic mass is 9.86. The van der Waals surface area contributed by atoms with Crippen LogP contribution in [0.1, 0.15) is 25.7 Å². The second-order valence-corrected chi connectivity index (χ2v) is 4.73. The second-order valence-electron chi connectivity index (χ2n) is 4.73. The molecule has 0 aliphatic heterocycles. The normalized spacial score (nSPS) is 24.3. The molecule has 1 aromatic rings. The smallest absolute Gasteiger partial charge is 0.227 e. The maximum absolute atomic E-state index is 12.0. The lowest BCUT2D eigenvalue weighted by Crippen LogP contribution is -2.32. The van der Waals surface area contributed by atoms with Gasteiger partial charge in [0.25, 0.3) is 0 Å². The number of anilines is 2. The standard InChI is InChI=1S/C13H19N3O/c14-10-6-4-9(5-7-10)13(17)16-12-3-1-2-11(15)8-12/h1-3,8-10H,4-7,14-15H2,(H,16,17). The molecule has 0 unspecified atom stereocenters. The van der Waals surface area contributed by atoms with Gasteiger partial charge in [-0.05, 0) is 43.9 Å². The molecule has 0 heterocycles. The Balaban J connectivity index is 1.93. The van der Waals surface area contributed by atoms with E-state index in [9.17, 15) is 4.79 Å². The molecule has 1 aromatic carbocycles. The van der Waals surface area contributed by atoms with E-state index in [1.165, 1.54) is 0 Å². The van der Waals surface area contributed by atoms with E-state index in [1.807, 2.05) is 12.1 Å². The summed E-state index contributed by atoms with van der Waals surface area (Å²) in [6.07, 6.45) is 3.65. The van der Waals surface area contributed by atoms with Gasteiger partial charge in [-0.2, -0.15) is 0 Å². The summed E-state index contributed by atoms with van der Waals surface area (Å²) in [5.41, 5.74) is 12.9. The Morgan fingerprint density at radius 1 is 1.24 bits per heavy atom. The average molecular weight is 233 g/mol. The largest absolute Gasteiger partial charge is 0.399 e. The Bertz CT molecular complexity index is 397. The Kier molecular flexibility index (Phi) is 3.64. The highest BCUT2D eigenvalue weighted by Gasteiger charge is 2.24. The molecule has 0 bridgehead atoms. The molecule has 1 amide bonds. The van der Waals surface area contributed by atoms with Crippen molar-refractivity contribution in [1.82, 2.24) is 0 Å². The molecule has 4 heteroatoms. The molecule has 1 aliphatic rings. The highest BCUT2D eigenvalue weighted by molar-refractivity contribution is 5.92. The Hall–Kier alpha value is -1.55. The van der Waals surface area contributed by atoms with E-state index in [4.69, 9.17) is 11.5 Å². The van der Waals surface area contributed by atoms with Gasteiger partial charge in [0, 0.05) is 23.3 Å². The van der Waals surface area contributed by atoms with E-state index < -0.39 is 0 Å². The van der Waals surface area contributed by atoms with E-state index in [0.29, 0.717) is 5.69 Å². The van der Waals surface area contributed by atoms with Gasteiger partial charge in [-0.3, -0.25) is 4.79 Å². The molecule has 0 spiro atoms. The number of benzene rings is 1. The molecule has 4 nitrogen and oxygen atoms in total. The van der Waals surface area contributed by atoms with Crippen LogP contribution in [0.15, 0.2) is 24.3 Å². The molecule has 0 atom stereocenters. The highest BCUT2D eigenvalue weighted by atomic mass is 16.1. The topological polar surface area (TPSA) is 81.1 Å². The summed E-state index contributed by atoms with van der Waals surface area (Å²) in [6.45, 7) is 0. The van der Waals surface area contributed by atoms with Crippen molar-refractivity contribution in [3.63, 3.8) is 0 Å². The summed E-state index contributed by atoms with van der Waals surface area (Å²) < 4.78 is 0. The minimum absolute atomic E-state index is 0.0856. The molecule has 2 rings (SSSR count). The van der Waals surface area contributed by atoms with Crippen LogP contribution in [0, 0.1) is 5.92 Å². The lowest BCUT2D eigenvalue weighted by Gasteiger charge is -2.25. The fourth-order valence-electron chi connectivity index (χ4n) is 2.24. The second kappa shape index (κ2) is 5.19. The monoisotopic (exact) mass is 233 g/mol. The van der Waals surface area contributed by atoms with E-state index in [0.717, 1.165) is 31.4 Å². The molecule has 1 aliphatic carbocycles. The van der Waals surface area contributed by atoms with Crippen LogP contribution in [0.25, 0.3) is 0 Å². The van der Waals surface area contributed by atoms with E-state index in [2.05, 4.69) is 5.32 Å². The zero-order chi connectivity index (χ0) is 12.3. The molecule has 5 N–H and O–H groups in total. The van der Waals surface area contributed by atoms with Gasteiger partial charge >= 0.3 is 0 Å². The summed E-state index contributed by atoms with van der Waals surface area (Å²) in [6, 6.07) is 7.53. The molecule has 1 fully saturated rings. The summed E-state index contributed by atoms with van der Waals surface area (Å²) in [4.78, 5) is 12.0. The number of hydrogen-bond donors (Lipinski definition) is 3. The van der Waals surface area contributed by atoms with Crippen LogP contribution in [0.4, 0.5) is 11.4 Å². The predicted octanol–water partition coefficient (Wildman–Crippen LogP) is 1.72. The fraction of sp³-hybridized carbons (Fsp3) is 0.462. The summed E-state index contributed by atoms with van der Waals surface area (Å²) in [7, 11) is 0. The third-order valence-electron chi connectivity index (χ3n) is 3.30. The van der Waals surface area contributed by atoms with Crippen LogP contribution >= 0.6 is 0 Å². The van der Waals surface area contributed by atoms with Crippen molar-refractivity contribution >= 4 is 17.3 Å². The van der Waals surface area contributed by atoms with Crippen LogP contribution in [-0.2, 0) is 4.79 Å². The Labute approximate surface area is 101 Å². The molecular formula is C13H19N3O. The van der Waals surface area contributed by atoms with Gasteiger partial charge in [-0.15, -0.1) is 0 Å². The van der Waals surface area contributed by atoms with Crippen molar-refractivity contribution in [2.75, 3.05) is 11.1 Å². The Morgan fingerprint density at radius 3 is 2.59 bits per heavy atom. The zero-order valence-corrected chi connectivity index (χ0v) is 9.86. The van der Waals surface area contributed by atoms with Crippen molar-refractivity contribution in [3.05, 3.63) is 24.3 Å². The van der Waals surface area contributed by atoms with Gasteiger partial charge in [0.15, 0.2) is 0 Å². The predicted molar refractivity (Wildman–Crippen MR) is 69.4 cm³/mol. The van der Waals surface area contributed by atoms with Gasteiger partial charge in [0.2, 0.25) is 5.91 Å². The van der Waals surface area contributed by atoms with Gasteiger partial charge in [-0.1, -0.05) is 6.07 Å². The first-order valence-electron chi connectivity index (χ1n) is 6.07. The highest BCUT2D eigenvalue weighted by Crippen LogP contribution is 2.24. The Morgan fingerprint density at radius 2 is 1.94 bits per heavy atom. The van der Waals surface area contributed by atoms with Gasteiger partial charge in [-0.25, -0.2) is 0 Å². The maximum Gasteiger partial charge on any atom is 0.227 e. The van der Waals surface area contributed by atoms with Crippen molar-refractivity contribution in [1.29, 1.82) is 0 Å². The molecular weight excluding hydrogens is 214 g/mol. The number of nitrogens with two attached hydrogens (primary N) is 2. The first kappa shape index (κ1) is 11.9. The molecule has 0 saturated heterocycles. The summed E-state index contributed by atoms with van der Waals surface area (Å²) in [5.74, 6) is 0.179. The number of nitrogens with one attached hydrogen (secondary N) is 1. The van der Waals surface area contributed by atoms with Crippen LogP contribution in [0.5, 0.6) is 0 Å². The van der Waals surface area contributed by atoms with Crippen LogP contribution in [0.3, 0.4) is 0 Å². The number of hydrogen-bond acceptors (Lipinski definition) is 3. The van der Waals surface area contributed by atoms with Crippen LogP contribution in [-0.4, -0.2) is 11.9 Å². The quantitative estimate of drug-likeness (QED) is 0.680. The van der Waals surface area contributed by atoms with Crippen molar-refractivity contribution in [2.45, 2.75) is 31.7 Å². The number of amides is 1. The van der Waals surface area contributed by atoms with E-state index >= 15 is 0 Å². The molecule has 92 valence electrons. The first-order valence-corrected chi connectivity index (χ1v) is 6.07. The van der Waals surface area contributed by atoms with Gasteiger partial charge < -0.3 is 16.8 Å². The zero-order valence-electron chi connectivity index (χ0n) is 9.86. The van der Waals surface area contributed by atoms with Crippen molar-refractivity contribution in [2.24, 2.45) is 11.7 Å². The lowest BCUT2D eigenvalue weighted by molar-refractivity contribution is -0.120.